The minimum atomic E-state index is -0.349. The highest BCUT2D eigenvalue weighted by atomic mass is 35.5. The molecule has 1 aromatic carbocycles. The van der Waals surface area contributed by atoms with E-state index in [2.05, 4.69) is 42.8 Å². The molecule has 0 amide bonds. The van der Waals surface area contributed by atoms with Gasteiger partial charge in [0.15, 0.2) is 0 Å². The molecule has 2 fully saturated rings. The SMILES string of the molecule is CC1CC(N2CC(CC#N)(n3cc(-c4ncnc5[nH]ccc45)cn3)C2)CCN1Cc1c(F)cccc1Cl. The number of aromatic nitrogens is 5. The van der Waals surface area contributed by atoms with Gasteiger partial charge in [-0.3, -0.25) is 14.5 Å². The van der Waals surface area contributed by atoms with Crippen molar-refractivity contribution >= 4 is 22.6 Å². The Bertz CT molecular complexity index is 1450. The van der Waals surface area contributed by atoms with Gasteiger partial charge in [-0.25, -0.2) is 14.4 Å². The van der Waals surface area contributed by atoms with Crippen molar-refractivity contribution < 1.29 is 4.39 Å². The Hall–Kier alpha value is -3.32. The fourth-order valence-electron chi connectivity index (χ4n) is 5.91. The molecule has 2 aliphatic rings. The van der Waals surface area contributed by atoms with E-state index in [9.17, 15) is 9.65 Å². The van der Waals surface area contributed by atoms with Crippen LogP contribution in [-0.4, -0.2) is 66.3 Å². The second-order valence-corrected chi connectivity index (χ2v) is 10.7. The number of likely N-dealkylation sites (tertiary alicyclic amines) is 2. The number of benzene rings is 1. The Kier molecular flexibility index (Phi) is 6.19. The molecule has 6 rings (SSSR count). The lowest BCUT2D eigenvalue weighted by Gasteiger charge is -2.54. The Morgan fingerprint density at radius 1 is 1.27 bits per heavy atom. The molecule has 8 nitrogen and oxygen atoms in total. The van der Waals surface area contributed by atoms with Crippen LogP contribution in [0.5, 0.6) is 0 Å². The van der Waals surface area contributed by atoms with E-state index in [0.717, 1.165) is 54.8 Å². The van der Waals surface area contributed by atoms with Crippen molar-refractivity contribution in [3.8, 4) is 17.3 Å². The predicted molar refractivity (Wildman–Crippen MR) is 139 cm³/mol. The molecule has 2 unspecified atom stereocenters. The van der Waals surface area contributed by atoms with Gasteiger partial charge in [-0.15, -0.1) is 0 Å². The van der Waals surface area contributed by atoms with Crippen LogP contribution in [0.15, 0.2) is 49.2 Å². The van der Waals surface area contributed by atoms with Gasteiger partial charge in [0.2, 0.25) is 0 Å². The van der Waals surface area contributed by atoms with Crippen LogP contribution in [0.4, 0.5) is 4.39 Å². The molecule has 10 heteroatoms. The zero-order valence-corrected chi connectivity index (χ0v) is 21.4. The Balaban J connectivity index is 1.14. The summed E-state index contributed by atoms with van der Waals surface area (Å²) < 4.78 is 16.3. The van der Waals surface area contributed by atoms with Crippen LogP contribution in [0.1, 0.15) is 31.7 Å². The number of nitrogens with one attached hydrogen (secondary N) is 1. The number of H-pyrrole nitrogens is 1. The fourth-order valence-corrected chi connectivity index (χ4v) is 6.13. The molecular weight excluding hydrogens is 491 g/mol. The number of rotatable bonds is 6. The first kappa shape index (κ1) is 24.0. The first-order chi connectivity index (χ1) is 18.0. The highest BCUT2D eigenvalue weighted by molar-refractivity contribution is 6.31. The van der Waals surface area contributed by atoms with E-state index in [-0.39, 0.29) is 11.4 Å². The summed E-state index contributed by atoms with van der Waals surface area (Å²) in [5.41, 5.74) is 2.75. The van der Waals surface area contributed by atoms with Crippen molar-refractivity contribution in [2.75, 3.05) is 19.6 Å². The maximum Gasteiger partial charge on any atom is 0.141 e. The number of halogens is 2. The molecule has 0 aliphatic carbocycles. The summed E-state index contributed by atoms with van der Waals surface area (Å²) in [4.78, 5) is 16.7. The Morgan fingerprint density at radius 2 is 2.14 bits per heavy atom. The second-order valence-electron chi connectivity index (χ2n) is 10.3. The average Bonchev–Trinajstić information content (AvgIpc) is 3.54. The van der Waals surface area contributed by atoms with Gasteiger partial charge in [0.25, 0.3) is 0 Å². The second kappa shape index (κ2) is 9.53. The van der Waals surface area contributed by atoms with Crippen LogP contribution in [0.2, 0.25) is 5.02 Å². The third-order valence-electron chi connectivity index (χ3n) is 8.02. The predicted octanol–water partition coefficient (Wildman–Crippen LogP) is 4.59. The number of hydrogen-bond acceptors (Lipinski definition) is 6. The zero-order valence-electron chi connectivity index (χ0n) is 20.6. The summed E-state index contributed by atoms with van der Waals surface area (Å²) in [6.07, 6.45) is 9.62. The Labute approximate surface area is 219 Å². The number of nitrogens with zero attached hydrogens (tertiary/aromatic N) is 7. The summed E-state index contributed by atoms with van der Waals surface area (Å²) in [5.74, 6) is -0.247. The molecule has 1 N–H and O–H groups in total. The van der Waals surface area contributed by atoms with Crippen LogP contribution >= 0.6 is 11.6 Å². The zero-order chi connectivity index (χ0) is 25.6. The molecule has 2 aliphatic heterocycles. The number of fused-ring (bicyclic) bond motifs is 1. The molecule has 5 heterocycles. The molecule has 3 aromatic heterocycles. The third kappa shape index (κ3) is 4.29. The van der Waals surface area contributed by atoms with E-state index in [0.29, 0.717) is 35.6 Å². The van der Waals surface area contributed by atoms with Crippen LogP contribution in [-0.2, 0) is 12.1 Å². The van der Waals surface area contributed by atoms with Crippen molar-refractivity contribution in [2.24, 2.45) is 0 Å². The highest BCUT2D eigenvalue weighted by Gasteiger charge is 2.48. The minimum Gasteiger partial charge on any atom is -0.346 e. The van der Waals surface area contributed by atoms with Crippen molar-refractivity contribution in [3.05, 3.63) is 65.6 Å². The third-order valence-corrected chi connectivity index (χ3v) is 8.38. The van der Waals surface area contributed by atoms with E-state index in [1.54, 1.807) is 18.5 Å². The normalized spacial score (nSPS) is 22.1. The van der Waals surface area contributed by atoms with Crippen molar-refractivity contribution in [1.82, 2.24) is 34.5 Å². The van der Waals surface area contributed by atoms with Gasteiger partial charge in [0.1, 0.15) is 23.3 Å². The standard InChI is InChI=1S/C27H28ClFN8/c1-18-11-20(6-10-35(18)14-22-23(28)3-2-4-24(22)29)36-15-27(16-36,7-8-30)37-13-19(12-34-37)25-21-5-9-31-26(21)33-17-32-25/h2-5,9,12-13,17-18,20H,6-7,10-11,14-16H2,1H3,(H,31,32,33). The topological polar surface area (TPSA) is 89.7 Å². The molecular formula is C27H28ClFN8. The summed E-state index contributed by atoms with van der Waals surface area (Å²) in [7, 11) is 0. The summed E-state index contributed by atoms with van der Waals surface area (Å²) in [6.45, 7) is 5.16. The summed E-state index contributed by atoms with van der Waals surface area (Å²) in [6, 6.07) is 9.94. The minimum absolute atomic E-state index is 0.247. The highest BCUT2D eigenvalue weighted by Crippen LogP contribution is 2.38. The quantitative estimate of drug-likeness (QED) is 0.401. The van der Waals surface area contributed by atoms with Gasteiger partial charge in [0, 0.05) is 72.2 Å². The van der Waals surface area contributed by atoms with E-state index in [4.69, 9.17) is 11.6 Å². The van der Waals surface area contributed by atoms with Gasteiger partial charge in [0.05, 0.1) is 24.4 Å². The number of nitriles is 1. The first-order valence-corrected chi connectivity index (χ1v) is 13.0. The largest absolute Gasteiger partial charge is 0.346 e. The molecule has 0 saturated carbocycles. The van der Waals surface area contributed by atoms with E-state index >= 15 is 0 Å². The van der Waals surface area contributed by atoms with E-state index < -0.39 is 0 Å². The molecule has 0 bridgehead atoms. The van der Waals surface area contributed by atoms with Gasteiger partial charge in [-0.1, -0.05) is 17.7 Å². The number of aromatic amines is 1. The van der Waals surface area contributed by atoms with Crippen molar-refractivity contribution in [1.29, 1.82) is 5.26 Å². The smallest absolute Gasteiger partial charge is 0.141 e. The van der Waals surface area contributed by atoms with Crippen LogP contribution in [0.3, 0.4) is 0 Å². The molecule has 0 spiro atoms. The molecule has 2 saturated heterocycles. The Morgan fingerprint density at radius 3 is 2.92 bits per heavy atom. The first-order valence-electron chi connectivity index (χ1n) is 12.6. The van der Waals surface area contributed by atoms with Crippen LogP contribution < -0.4 is 0 Å². The average molecular weight is 519 g/mol. The van der Waals surface area contributed by atoms with E-state index in [1.165, 1.54) is 6.07 Å². The van der Waals surface area contributed by atoms with Gasteiger partial charge < -0.3 is 4.98 Å². The lowest BCUT2D eigenvalue weighted by atomic mass is 9.83. The van der Waals surface area contributed by atoms with Crippen LogP contribution in [0, 0.1) is 17.1 Å². The molecule has 190 valence electrons. The van der Waals surface area contributed by atoms with Crippen LogP contribution in [0.25, 0.3) is 22.3 Å². The molecule has 37 heavy (non-hydrogen) atoms. The molecule has 4 aromatic rings. The summed E-state index contributed by atoms with van der Waals surface area (Å²) in [5, 5.41) is 15.8. The molecule has 0 radical (unpaired) electrons. The maximum atomic E-state index is 14.3. The summed E-state index contributed by atoms with van der Waals surface area (Å²) >= 11 is 6.27. The van der Waals surface area contributed by atoms with Gasteiger partial charge >= 0.3 is 0 Å². The number of hydrogen-bond donors (Lipinski definition) is 1. The van der Waals surface area contributed by atoms with Gasteiger partial charge in [-0.2, -0.15) is 10.4 Å². The van der Waals surface area contributed by atoms with E-state index in [1.807, 2.05) is 29.3 Å². The van der Waals surface area contributed by atoms with Crippen molar-refractivity contribution in [2.45, 2.75) is 50.4 Å². The monoisotopic (exact) mass is 518 g/mol. The van der Waals surface area contributed by atoms with Gasteiger partial charge in [-0.05, 0) is 38.0 Å². The van der Waals surface area contributed by atoms with Crippen molar-refractivity contribution in [3.63, 3.8) is 0 Å². The lowest BCUT2D eigenvalue weighted by molar-refractivity contribution is -0.0520. The maximum absolute atomic E-state index is 14.3. The number of piperidine rings is 1. The fraction of sp³-hybridized carbons (Fsp3) is 0.407. The lowest BCUT2D eigenvalue weighted by Crippen LogP contribution is -2.66. The molecule has 2 atom stereocenters.